The quantitative estimate of drug-likeness (QED) is 0.578. The molecular weight excluding hydrogens is 338 g/mol. The Morgan fingerprint density at radius 2 is 2.24 bits per heavy atom. The third-order valence-corrected chi connectivity index (χ3v) is 4.53. The Hall–Kier alpha value is -2.45. The van der Waals surface area contributed by atoms with E-state index < -0.39 is 0 Å². The number of aromatic nitrogens is 2. The van der Waals surface area contributed by atoms with Crippen molar-refractivity contribution in [1.82, 2.24) is 15.5 Å². The van der Waals surface area contributed by atoms with Crippen LogP contribution in [0.25, 0.3) is 6.08 Å². The number of hydrogen-bond acceptors (Lipinski definition) is 7. The van der Waals surface area contributed by atoms with E-state index >= 15 is 0 Å². The molecule has 0 saturated carbocycles. The number of morpholine rings is 1. The molecule has 25 heavy (non-hydrogen) atoms. The van der Waals surface area contributed by atoms with Crippen LogP contribution in [0, 0.1) is 0 Å². The summed E-state index contributed by atoms with van der Waals surface area (Å²) in [5, 5.41) is 16.1. The molecular formula is C17H21N5O2S. The Morgan fingerprint density at radius 1 is 1.36 bits per heavy atom. The van der Waals surface area contributed by atoms with Gasteiger partial charge in [-0.3, -0.25) is 4.79 Å². The summed E-state index contributed by atoms with van der Waals surface area (Å²) in [7, 11) is 0. The van der Waals surface area contributed by atoms with Crippen molar-refractivity contribution < 1.29 is 9.53 Å². The van der Waals surface area contributed by atoms with Crippen LogP contribution in [0.15, 0.2) is 35.9 Å². The standard InChI is InChI=1S/C17H21N5O2S/c23-17(4-3-15-2-1-11-25-15)19-6-5-18-16-12-14(13-20-21-16)22-7-9-24-10-8-22/h1-4,11-13H,5-10H2,(H,18,21)(H,19,23)/b4-3+. The van der Waals surface area contributed by atoms with Crippen molar-refractivity contribution in [2.75, 3.05) is 49.6 Å². The van der Waals surface area contributed by atoms with E-state index in [4.69, 9.17) is 4.74 Å². The molecule has 7 nitrogen and oxygen atoms in total. The summed E-state index contributed by atoms with van der Waals surface area (Å²) < 4.78 is 5.36. The van der Waals surface area contributed by atoms with E-state index in [-0.39, 0.29) is 5.91 Å². The van der Waals surface area contributed by atoms with E-state index in [0.717, 1.165) is 36.9 Å². The van der Waals surface area contributed by atoms with Gasteiger partial charge in [0.1, 0.15) is 0 Å². The molecule has 2 N–H and O–H groups in total. The fourth-order valence-corrected chi connectivity index (χ4v) is 3.03. The molecule has 0 bridgehead atoms. The van der Waals surface area contributed by atoms with Gasteiger partial charge in [0.15, 0.2) is 5.82 Å². The van der Waals surface area contributed by atoms with Gasteiger partial charge in [-0.2, -0.15) is 5.10 Å². The lowest BCUT2D eigenvalue weighted by Gasteiger charge is -2.28. The number of amides is 1. The minimum absolute atomic E-state index is 0.108. The smallest absolute Gasteiger partial charge is 0.244 e. The van der Waals surface area contributed by atoms with Crippen molar-refractivity contribution in [3.8, 4) is 0 Å². The number of hydrogen-bond donors (Lipinski definition) is 2. The fraction of sp³-hybridized carbons (Fsp3) is 0.353. The highest BCUT2D eigenvalue weighted by atomic mass is 32.1. The van der Waals surface area contributed by atoms with Crippen LogP contribution < -0.4 is 15.5 Å². The lowest BCUT2D eigenvalue weighted by Crippen LogP contribution is -2.36. The van der Waals surface area contributed by atoms with Gasteiger partial charge in [0.2, 0.25) is 5.91 Å². The van der Waals surface area contributed by atoms with Gasteiger partial charge in [-0.25, -0.2) is 0 Å². The van der Waals surface area contributed by atoms with Gasteiger partial charge in [-0.15, -0.1) is 16.4 Å². The van der Waals surface area contributed by atoms with Crippen LogP contribution >= 0.6 is 11.3 Å². The molecule has 0 radical (unpaired) electrons. The van der Waals surface area contributed by atoms with Gasteiger partial charge in [0.25, 0.3) is 0 Å². The molecule has 1 fully saturated rings. The lowest BCUT2D eigenvalue weighted by atomic mass is 10.3. The summed E-state index contributed by atoms with van der Waals surface area (Å²) in [6.07, 6.45) is 5.11. The number of rotatable bonds is 7. The minimum Gasteiger partial charge on any atom is -0.378 e. The average Bonchev–Trinajstić information content (AvgIpc) is 3.18. The average molecular weight is 359 g/mol. The van der Waals surface area contributed by atoms with Crippen molar-refractivity contribution in [1.29, 1.82) is 0 Å². The molecule has 0 atom stereocenters. The molecule has 0 aromatic carbocycles. The van der Waals surface area contributed by atoms with Crippen molar-refractivity contribution >= 4 is 34.8 Å². The molecule has 2 aromatic rings. The highest BCUT2D eigenvalue weighted by Gasteiger charge is 2.12. The topological polar surface area (TPSA) is 79.4 Å². The first kappa shape index (κ1) is 17.4. The number of carbonyl (C=O) groups is 1. The van der Waals surface area contributed by atoms with Gasteiger partial charge >= 0.3 is 0 Å². The maximum absolute atomic E-state index is 11.7. The second-order valence-electron chi connectivity index (χ2n) is 5.46. The Labute approximate surface area is 150 Å². The maximum atomic E-state index is 11.7. The van der Waals surface area contributed by atoms with E-state index in [9.17, 15) is 4.79 Å². The van der Waals surface area contributed by atoms with Crippen molar-refractivity contribution in [2.45, 2.75) is 0 Å². The number of nitrogens with one attached hydrogen (secondary N) is 2. The second kappa shape index (κ2) is 9.14. The monoisotopic (exact) mass is 359 g/mol. The fourth-order valence-electron chi connectivity index (χ4n) is 2.42. The van der Waals surface area contributed by atoms with Crippen LogP contribution in [0.5, 0.6) is 0 Å². The second-order valence-corrected chi connectivity index (χ2v) is 6.44. The molecule has 132 valence electrons. The normalized spacial score (nSPS) is 14.6. The van der Waals surface area contributed by atoms with Crippen LogP contribution in [0.2, 0.25) is 0 Å². The molecule has 0 unspecified atom stereocenters. The molecule has 1 amide bonds. The molecule has 0 spiro atoms. The van der Waals surface area contributed by atoms with Crippen molar-refractivity contribution in [2.24, 2.45) is 0 Å². The first-order chi connectivity index (χ1) is 12.3. The van der Waals surface area contributed by atoms with Crippen molar-refractivity contribution in [3.63, 3.8) is 0 Å². The minimum atomic E-state index is -0.108. The third-order valence-electron chi connectivity index (χ3n) is 3.69. The summed E-state index contributed by atoms with van der Waals surface area (Å²) in [4.78, 5) is 15.0. The predicted molar refractivity (Wildman–Crippen MR) is 99.9 cm³/mol. The molecule has 3 heterocycles. The molecule has 1 aliphatic rings. The first-order valence-electron chi connectivity index (χ1n) is 8.20. The molecule has 0 aliphatic carbocycles. The zero-order valence-electron chi connectivity index (χ0n) is 13.9. The summed E-state index contributed by atoms with van der Waals surface area (Å²) in [5.74, 6) is 0.593. The Balaban J connectivity index is 1.40. The van der Waals surface area contributed by atoms with E-state index in [2.05, 4.69) is 25.7 Å². The van der Waals surface area contributed by atoms with Gasteiger partial charge < -0.3 is 20.3 Å². The number of ether oxygens (including phenoxy) is 1. The van der Waals surface area contributed by atoms with Crippen LogP contribution in [-0.4, -0.2) is 55.5 Å². The van der Waals surface area contributed by atoms with E-state index in [0.29, 0.717) is 18.9 Å². The SMILES string of the molecule is O=C(/C=C/c1cccs1)NCCNc1cc(N2CCOCC2)cnn1. The number of anilines is 2. The third kappa shape index (κ3) is 5.54. The van der Waals surface area contributed by atoms with Crippen LogP contribution in [0.1, 0.15) is 4.88 Å². The molecule has 1 aliphatic heterocycles. The predicted octanol–water partition coefficient (Wildman–Crippen LogP) is 1.62. The highest BCUT2D eigenvalue weighted by molar-refractivity contribution is 7.10. The maximum Gasteiger partial charge on any atom is 0.244 e. The summed E-state index contributed by atoms with van der Waals surface area (Å²) >= 11 is 1.60. The molecule has 1 saturated heterocycles. The largest absolute Gasteiger partial charge is 0.378 e. The lowest BCUT2D eigenvalue weighted by molar-refractivity contribution is -0.116. The Bertz CT molecular complexity index is 699. The van der Waals surface area contributed by atoms with Crippen molar-refractivity contribution in [3.05, 3.63) is 40.7 Å². The number of carbonyl (C=O) groups excluding carboxylic acids is 1. The zero-order chi connectivity index (χ0) is 17.3. The van der Waals surface area contributed by atoms with Crippen LogP contribution in [0.3, 0.4) is 0 Å². The van der Waals surface area contributed by atoms with E-state index in [1.165, 1.54) is 0 Å². The molecule has 8 heteroatoms. The summed E-state index contributed by atoms with van der Waals surface area (Å²) in [6, 6.07) is 5.89. The van der Waals surface area contributed by atoms with Crippen LogP contribution in [-0.2, 0) is 9.53 Å². The number of nitrogens with zero attached hydrogens (tertiary/aromatic N) is 3. The first-order valence-corrected chi connectivity index (χ1v) is 9.08. The number of thiophene rings is 1. The summed E-state index contributed by atoms with van der Waals surface area (Å²) in [5.41, 5.74) is 1.03. The van der Waals surface area contributed by atoms with Gasteiger partial charge in [0, 0.05) is 43.2 Å². The zero-order valence-corrected chi connectivity index (χ0v) is 14.7. The van der Waals surface area contributed by atoms with Gasteiger partial charge in [-0.1, -0.05) is 6.07 Å². The Morgan fingerprint density at radius 3 is 3.04 bits per heavy atom. The summed E-state index contributed by atoms with van der Waals surface area (Å²) in [6.45, 7) is 4.28. The van der Waals surface area contributed by atoms with Gasteiger partial charge in [-0.05, 0) is 17.5 Å². The molecule has 3 rings (SSSR count). The molecule has 2 aromatic heterocycles. The van der Waals surface area contributed by atoms with Crippen LogP contribution in [0.4, 0.5) is 11.5 Å². The van der Waals surface area contributed by atoms with E-state index in [1.807, 2.05) is 29.7 Å². The van der Waals surface area contributed by atoms with Gasteiger partial charge in [0.05, 0.1) is 25.1 Å². The van der Waals surface area contributed by atoms with E-state index in [1.54, 1.807) is 23.6 Å². The highest BCUT2D eigenvalue weighted by Crippen LogP contribution is 2.16. The Kier molecular flexibility index (Phi) is 6.35.